The predicted octanol–water partition coefficient (Wildman–Crippen LogP) is 3.68. The molecule has 150 valence electrons. The van der Waals surface area contributed by atoms with Gasteiger partial charge in [-0.2, -0.15) is 5.26 Å². The zero-order chi connectivity index (χ0) is 20.4. The molecule has 29 heavy (non-hydrogen) atoms. The van der Waals surface area contributed by atoms with E-state index in [0.29, 0.717) is 42.8 Å². The average Bonchev–Trinajstić information content (AvgIpc) is 3.10. The summed E-state index contributed by atoms with van der Waals surface area (Å²) in [5.74, 6) is 0.744. The van der Waals surface area contributed by atoms with Crippen molar-refractivity contribution in [1.82, 2.24) is 19.9 Å². The summed E-state index contributed by atoms with van der Waals surface area (Å²) in [6.45, 7) is 3.77. The highest BCUT2D eigenvalue weighted by molar-refractivity contribution is 5.84. The Morgan fingerprint density at radius 3 is 2.83 bits per heavy atom. The summed E-state index contributed by atoms with van der Waals surface area (Å²) in [4.78, 5) is 8.73. The third-order valence-electron chi connectivity index (χ3n) is 5.60. The highest BCUT2D eigenvalue weighted by Crippen LogP contribution is 2.30. The largest absolute Gasteiger partial charge is 0.493 e. The predicted molar refractivity (Wildman–Crippen MR) is 109 cm³/mol. The van der Waals surface area contributed by atoms with Gasteiger partial charge in [-0.1, -0.05) is 0 Å². The Morgan fingerprint density at radius 2 is 2.10 bits per heavy atom. The van der Waals surface area contributed by atoms with Crippen LogP contribution in [0.2, 0.25) is 0 Å². The number of nitrogens with zero attached hydrogens (tertiary/aromatic N) is 4. The summed E-state index contributed by atoms with van der Waals surface area (Å²) >= 11 is 0. The van der Waals surface area contributed by atoms with E-state index in [1.807, 2.05) is 42.8 Å². The van der Waals surface area contributed by atoms with Crippen molar-refractivity contribution in [3.8, 4) is 23.1 Å². The van der Waals surface area contributed by atoms with Gasteiger partial charge in [0.1, 0.15) is 23.0 Å². The standard InChI is InChI=1S/C22H24FN5O/c1-15-11-16(17-12-19-21(18(13-24)27-17)26-14-28(19)2)3-4-20(15)29-10-7-22(23)5-8-25-9-6-22/h3-4,11-12,14,25H,5-10H2,1-2H3. The second kappa shape index (κ2) is 7.80. The van der Waals surface area contributed by atoms with Gasteiger partial charge in [0.25, 0.3) is 0 Å². The van der Waals surface area contributed by atoms with E-state index in [1.165, 1.54) is 0 Å². The van der Waals surface area contributed by atoms with E-state index in [4.69, 9.17) is 4.74 Å². The van der Waals surface area contributed by atoms with Crippen molar-refractivity contribution >= 4 is 11.0 Å². The van der Waals surface area contributed by atoms with Crippen molar-refractivity contribution in [3.05, 3.63) is 41.9 Å². The second-order valence-electron chi connectivity index (χ2n) is 7.67. The molecule has 0 spiro atoms. The summed E-state index contributed by atoms with van der Waals surface area (Å²) in [6.07, 6.45) is 3.16. The maximum atomic E-state index is 14.7. The fourth-order valence-electron chi connectivity index (χ4n) is 3.79. The number of piperidine rings is 1. The quantitative estimate of drug-likeness (QED) is 0.716. The highest BCUT2D eigenvalue weighted by Gasteiger charge is 2.31. The summed E-state index contributed by atoms with van der Waals surface area (Å²) in [6, 6.07) is 9.85. The molecule has 2 aromatic heterocycles. The summed E-state index contributed by atoms with van der Waals surface area (Å²) in [5.41, 5.74) is 3.21. The van der Waals surface area contributed by atoms with Gasteiger partial charge in [-0.3, -0.25) is 0 Å². The molecule has 0 unspecified atom stereocenters. The number of benzene rings is 1. The monoisotopic (exact) mass is 393 g/mol. The van der Waals surface area contributed by atoms with E-state index in [1.54, 1.807) is 6.33 Å². The lowest BCUT2D eigenvalue weighted by Gasteiger charge is -2.30. The van der Waals surface area contributed by atoms with E-state index >= 15 is 0 Å². The number of aryl methyl sites for hydroxylation is 2. The van der Waals surface area contributed by atoms with Crippen LogP contribution in [-0.2, 0) is 7.05 Å². The molecule has 0 bridgehead atoms. The van der Waals surface area contributed by atoms with Crippen molar-refractivity contribution in [2.24, 2.45) is 7.05 Å². The second-order valence-corrected chi connectivity index (χ2v) is 7.67. The van der Waals surface area contributed by atoms with Gasteiger partial charge in [0.05, 0.1) is 24.1 Å². The minimum absolute atomic E-state index is 0.311. The Labute approximate surface area is 169 Å². The van der Waals surface area contributed by atoms with Crippen molar-refractivity contribution < 1.29 is 9.13 Å². The lowest BCUT2D eigenvalue weighted by molar-refractivity contribution is 0.0844. The van der Waals surface area contributed by atoms with Crippen LogP contribution < -0.4 is 10.1 Å². The molecule has 4 rings (SSSR count). The Kier molecular flexibility index (Phi) is 5.20. The molecule has 1 aromatic carbocycles. The van der Waals surface area contributed by atoms with E-state index in [2.05, 4.69) is 21.4 Å². The number of imidazole rings is 1. The number of hydrogen-bond acceptors (Lipinski definition) is 5. The molecule has 7 heteroatoms. The molecule has 3 aromatic rings. The van der Waals surface area contributed by atoms with E-state index in [9.17, 15) is 9.65 Å². The number of nitrogens with one attached hydrogen (secondary N) is 1. The SMILES string of the molecule is Cc1cc(-c2cc3c(ncn3C)c(C#N)n2)ccc1OCCC1(F)CCNCC1. The zero-order valence-corrected chi connectivity index (χ0v) is 16.7. The molecule has 1 saturated heterocycles. The minimum Gasteiger partial charge on any atom is -0.493 e. The maximum absolute atomic E-state index is 14.7. The first-order chi connectivity index (χ1) is 14.0. The molecule has 0 radical (unpaired) electrons. The van der Waals surface area contributed by atoms with Crippen LogP contribution in [0.15, 0.2) is 30.6 Å². The Balaban J connectivity index is 1.52. The summed E-state index contributed by atoms with van der Waals surface area (Å²) in [5, 5.41) is 12.6. The maximum Gasteiger partial charge on any atom is 0.169 e. The van der Waals surface area contributed by atoms with Crippen LogP contribution in [0.25, 0.3) is 22.3 Å². The van der Waals surface area contributed by atoms with Gasteiger partial charge in [-0.25, -0.2) is 14.4 Å². The van der Waals surface area contributed by atoms with Gasteiger partial charge in [-0.05, 0) is 62.7 Å². The van der Waals surface area contributed by atoms with Gasteiger partial charge < -0.3 is 14.6 Å². The Morgan fingerprint density at radius 1 is 1.31 bits per heavy atom. The molecule has 0 saturated carbocycles. The van der Waals surface area contributed by atoms with Crippen LogP contribution >= 0.6 is 0 Å². The van der Waals surface area contributed by atoms with Crippen molar-refractivity contribution in [2.45, 2.75) is 31.9 Å². The molecule has 1 fully saturated rings. The number of alkyl halides is 1. The average molecular weight is 393 g/mol. The third-order valence-corrected chi connectivity index (χ3v) is 5.60. The molecule has 0 amide bonds. The van der Waals surface area contributed by atoms with Gasteiger partial charge >= 0.3 is 0 Å². The summed E-state index contributed by atoms with van der Waals surface area (Å²) < 4.78 is 22.4. The van der Waals surface area contributed by atoms with Crippen LogP contribution in [0.3, 0.4) is 0 Å². The minimum atomic E-state index is -1.13. The topological polar surface area (TPSA) is 75.8 Å². The van der Waals surface area contributed by atoms with E-state index < -0.39 is 5.67 Å². The number of ether oxygens (including phenoxy) is 1. The first-order valence-electron chi connectivity index (χ1n) is 9.85. The molecule has 1 N–H and O–H groups in total. The fourth-order valence-corrected chi connectivity index (χ4v) is 3.79. The normalized spacial score (nSPS) is 15.9. The third kappa shape index (κ3) is 3.94. The lowest BCUT2D eigenvalue weighted by Crippen LogP contribution is -2.39. The van der Waals surface area contributed by atoms with Crippen LogP contribution in [0.5, 0.6) is 5.75 Å². The first-order valence-corrected chi connectivity index (χ1v) is 9.85. The lowest BCUT2D eigenvalue weighted by atomic mass is 9.91. The van der Waals surface area contributed by atoms with Crippen LogP contribution in [0.1, 0.15) is 30.5 Å². The van der Waals surface area contributed by atoms with Gasteiger partial charge in [0.2, 0.25) is 0 Å². The number of fused-ring (bicyclic) bond motifs is 1. The first kappa shape index (κ1) is 19.3. The number of aromatic nitrogens is 3. The van der Waals surface area contributed by atoms with Gasteiger partial charge in [0, 0.05) is 19.0 Å². The van der Waals surface area contributed by atoms with Crippen molar-refractivity contribution in [3.63, 3.8) is 0 Å². The van der Waals surface area contributed by atoms with E-state index in [0.717, 1.165) is 35.5 Å². The molecule has 3 heterocycles. The van der Waals surface area contributed by atoms with E-state index in [-0.39, 0.29) is 0 Å². The highest BCUT2D eigenvalue weighted by atomic mass is 19.1. The number of hydrogen-bond donors (Lipinski definition) is 1. The summed E-state index contributed by atoms with van der Waals surface area (Å²) in [7, 11) is 1.89. The van der Waals surface area contributed by atoms with Crippen LogP contribution in [0.4, 0.5) is 4.39 Å². The zero-order valence-electron chi connectivity index (χ0n) is 16.7. The van der Waals surface area contributed by atoms with Gasteiger partial charge in [-0.15, -0.1) is 0 Å². The van der Waals surface area contributed by atoms with Crippen molar-refractivity contribution in [1.29, 1.82) is 5.26 Å². The molecular weight excluding hydrogens is 369 g/mol. The number of nitriles is 1. The Hall–Kier alpha value is -2.98. The molecule has 0 aliphatic carbocycles. The molecule has 1 aliphatic rings. The van der Waals surface area contributed by atoms with Crippen molar-refractivity contribution in [2.75, 3.05) is 19.7 Å². The van der Waals surface area contributed by atoms with Crippen LogP contribution in [-0.4, -0.2) is 39.9 Å². The Bertz CT molecular complexity index is 1080. The number of pyridine rings is 1. The molecule has 0 atom stereocenters. The smallest absolute Gasteiger partial charge is 0.169 e. The fraction of sp³-hybridized carbons (Fsp3) is 0.409. The molecule has 6 nitrogen and oxygen atoms in total. The van der Waals surface area contributed by atoms with Gasteiger partial charge in [0.15, 0.2) is 5.69 Å². The number of rotatable bonds is 5. The van der Waals surface area contributed by atoms with Crippen LogP contribution in [0, 0.1) is 18.3 Å². The molecule has 1 aliphatic heterocycles. The number of halogens is 1. The molecular formula is C22H24FN5O.